The monoisotopic (exact) mass is 358 g/mol. The fourth-order valence-electron chi connectivity index (χ4n) is 2.75. The van der Waals surface area contributed by atoms with Gasteiger partial charge in [0.15, 0.2) is 0 Å². The van der Waals surface area contributed by atoms with Crippen molar-refractivity contribution in [2.45, 2.75) is 0 Å². The summed E-state index contributed by atoms with van der Waals surface area (Å²) < 4.78 is 7.00. The fraction of sp³-hybridized carbons (Fsp3) is 0.250. The van der Waals surface area contributed by atoms with E-state index in [0.29, 0.717) is 30.0 Å². The Morgan fingerprint density at radius 3 is 2.88 bits per heavy atom. The van der Waals surface area contributed by atoms with E-state index in [1.807, 2.05) is 25.4 Å². The minimum absolute atomic E-state index is 0.0400. The van der Waals surface area contributed by atoms with Gasteiger partial charge in [0.2, 0.25) is 11.7 Å². The summed E-state index contributed by atoms with van der Waals surface area (Å²) in [5, 5.41) is 8.69. The van der Waals surface area contributed by atoms with E-state index in [4.69, 9.17) is 16.1 Å². The number of aryl methyl sites for hydroxylation is 1. The minimum Gasteiger partial charge on any atom is -0.315 e. The van der Waals surface area contributed by atoms with E-state index in [2.05, 4.69) is 15.2 Å². The maximum Gasteiger partial charge on any atom is 0.324 e. The number of hydrogen-bond acceptors (Lipinski definition) is 6. The molecule has 1 saturated heterocycles. The van der Waals surface area contributed by atoms with Crippen LogP contribution in [0.2, 0.25) is 5.02 Å². The van der Waals surface area contributed by atoms with Crippen molar-refractivity contribution in [2.75, 3.05) is 29.4 Å². The topological polar surface area (TPSA) is 80.3 Å². The molecule has 0 bridgehead atoms. The molecule has 0 unspecified atom stereocenters. The van der Waals surface area contributed by atoms with Gasteiger partial charge in [-0.15, -0.1) is 0 Å². The molecule has 8 nitrogen and oxygen atoms in total. The van der Waals surface area contributed by atoms with Crippen LogP contribution in [0.25, 0.3) is 11.4 Å². The Morgan fingerprint density at radius 2 is 2.16 bits per heavy atom. The van der Waals surface area contributed by atoms with Crippen molar-refractivity contribution in [3.8, 4) is 11.4 Å². The number of amides is 1. The van der Waals surface area contributed by atoms with E-state index in [-0.39, 0.29) is 12.5 Å². The van der Waals surface area contributed by atoms with Gasteiger partial charge < -0.3 is 14.3 Å². The first-order valence-electron chi connectivity index (χ1n) is 7.74. The summed E-state index contributed by atoms with van der Waals surface area (Å²) >= 11 is 5.99. The molecular weight excluding hydrogens is 344 g/mol. The van der Waals surface area contributed by atoms with Crippen molar-refractivity contribution in [1.29, 1.82) is 0 Å². The van der Waals surface area contributed by atoms with Crippen molar-refractivity contribution in [1.82, 2.24) is 19.9 Å². The fourth-order valence-corrected chi connectivity index (χ4v) is 2.94. The van der Waals surface area contributed by atoms with Crippen molar-refractivity contribution in [2.24, 2.45) is 7.05 Å². The molecule has 128 valence electrons. The summed E-state index contributed by atoms with van der Waals surface area (Å²) in [6.07, 6.45) is 3.50. The molecule has 1 aliphatic heterocycles. The van der Waals surface area contributed by atoms with Crippen LogP contribution in [0.4, 0.5) is 11.7 Å². The van der Waals surface area contributed by atoms with Crippen molar-refractivity contribution in [3.05, 3.63) is 41.7 Å². The Labute approximate surface area is 148 Å². The number of carbonyl (C=O) groups excluding carboxylic acids is 1. The van der Waals surface area contributed by atoms with Crippen LogP contribution >= 0.6 is 11.6 Å². The van der Waals surface area contributed by atoms with Crippen molar-refractivity contribution >= 4 is 29.2 Å². The zero-order valence-electron chi connectivity index (χ0n) is 13.5. The number of benzene rings is 1. The average molecular weight is 359 g/mol. The SMILES string of the molecule is Cn1cc(N2CCN(c3nc(-c4cccc(Cl)c4)no3)CC2=O)cn1. The number of nitrogens with zero attached hydrogens (tertiary/aromatic N) is 6. The molecule has 1 aromatic carbocycles. The van der Waals surface area contributed by atoms with Crippen LogP contribution in [-0.4, -0.2) is 45.5 Å². The molecule has 25 heavy (non-hydrogen) atoms. The molecule has 1 aliphatic rings. The smallest absolute Gasteiger partial charge is 0.315 e. The van der Waals surface area contributed by atoms with Gasteiger partial charge in [-0.3, -0.25) is 9.48 Å². The van der Waals surface area contributed by atoms with E-state index >= 15 is 0 Å². The van der Waals surface area contributed by atoms with Crippen molar-refractivity contribution in [3.63, 3.8) is 0 Å². The van der Waals surface area contributed by atoms with Crippen LogP contribution in [0.1, 0.15) is 0 Å². The number of anilines is 2. The first-order chi connectivity index (χ1) is 12.1. The molecule has 4 rings (SSSR count). The number of hydrogen-bond donors (Lipinski definition) is 0. The molecule has 3 heterocycles. The molecule has 9 heteroatoms. The predicted molar refractivity (Wildman–Crippen MR) is 92.5 cm³/mol. The third kappa shape index (κ3) is 3.08. The maximum absolute atomic E-state index is 12.4. The van der Waals surface area contributed by atoms with Crippen molar-refractivity contribution < 1.29 is 9.32 Å². The van der Waals surface area contributed by atoms with Gasteiger partial charge in [0.1, 0.15) is 6.54 Å². The number of halogens is 1. The third-order valence-corrected chi connectivity index (χ3v) is 4.23. The highest BCUT2D eigenvalue weighted by Crippen LogP contribution is 2.24. The predicted octanol–water partition coefficient (Wildman–Crippen LogP) is 1.98. The van der Waals surface area contributed by atoms with E-state index < -0.39 is 0 Å². The zero-order chi connectivity index (χ0) is 17.4. The van der Waals surface area contributed by atoms with E-state index in [9.17, 15) is 4.79 Å². The van der Waals surface area contributed by atoms with Gasteiger partial charge in [0, 0.05) is 36.9 Å². The zero-order valence-corrected chi connectivity index (χ0v) is 14.2. The Bertz CT molecular complexity index is 921. The largest absolute Gasteiger partial charge is 0.324 e. The first kappa shape index (κ1) is 15.6. The average Bonchev–Trinajstić information content (AvgIpc) is 3.24. The summed E-state index contributed by atoms with van der Waals surface area (Å²) in [7, 11) is 1.82. The molecule has 0 saturated carbocycles. The first-order valence-corrected chi connectivity index (χ1v) is 8.11. The van der Waals surface area contributed by atoms with Crippen LogP contribution in [0.5, 0.6) is 0 Å². The van der Waals surface area contributed by atoms with Crippen LogP contribution < -0.4 is 9.80 Å². The molecule has 0 N–H and O–H groups in total. The lowest BCUT2D eigenvalue weighted by molar-refractivity contribution is -0.118. The van der Waals surface area contributed by atoms with Gasteiger partial charge in [0.25, 0.3) is 0 Å². The standard InChI is InChI=1S/C16H15ClN6O2/c1-21-9-13(8-18-21)23-6-5-22(10-14(23)24)16-19-15(20-25-16)11-3-2-4-12(17)7-11/h2-4,7-9H,5-6,10H2,1H3. The number of carbonyl (C=O) groups is 1. The summed E-state index contributed by atoms with van der Waals surface area (Å²) in [6.45, 7) is 1.29. The molecule has 1 fully saturated rings. The molecule has 2 aromatic heterocycles. The molecule has 0 aliphatic carbocycles. The Kier molecular flexibility index (Phi) is 3.89. The number of piperazine rings is 1. The Balaban J connectivity index is 1.50. The van der Waals surface area contributed by atoms with Crippen LogP contribution in [0.15, 0.2) is 41.2 Å². The normalized spacial score (nSPS) is 15.0. The second kappa shape index (κ2) is 6.21. The van der Waals surface area contributed by atoms with Gasteiger partial charge in [-0.2, -0.15) is 10.1 Å². The summed E-state index contributed by atoms with van der Waals surface area (Å²) in [5.74, 6) is 0.404. The molecule has 0 spiro atoms. The van der Waals surface area contributed by atoms with Crippen LogP contribution in [-0.2, 0) is 11.8 Å². The molecule has 0 atom stereocenters. The summed E-state index contributed by atoms with van der Waals surface area (Å²) in [4.78, 5) is 20.3. The van der Waals surface area contributed by atoms with Crippen LogP contribution in [0.3, 0.4) is 0 Å². The highest BCUT2D eigenvalue weighted by molar-refractivity contribution is 6.30. The highest BCUT2D eigenvalue weighted by atomic mass is 35.5. The van der Waals surface area contributed by atoms with Gasteiger partial charge in [-0.25, -0.2) is 0 Å². The number of aromatic nitrogens is 4. The second-order valence-corrected chi connectivity index (χ2v) is 6.19. The molecular formula is C16H15ClN6O2. The lowest BCUT2D eigenvalue weighted by Crippen LogP contribution is -2.50. The third-order valence-electron chi connectivity index (χ3n) is 3.99. The second-order valence-electron chi connectivity index (χ2n) is 5.75. The number of rotatable bonds is 3. The summed E-state index contributed by atoms with van der Waals surface area (Å²) in [6, 6.07) is 7.55. The van der Waals surface area contributed by atoms with Gasteiger partial charge in [-0.05, 0) is 12.1 Å². The van der Waals surface area contributed by atoms with E-state index in [1.165, 1.54) is 0 Å². The quantitative estimate of drug-likeness (QED) is 0.712. The summed E-state index contributed by atoms with van der Waals surface area (Å²) in [5.41, 5.74) is 1.56. The molecule has 0 radical (unpaired) electrons. The highest BCUT2D eigenvalue weighted by Gasteiger charge is 2.28. The minimum atomic E-state index is -0.0400. The molecule has 1 amide bonds. The lowest BCUT2D eigenvalue weighted by atomic mass is 10.2. The van der Waals surface area contributed by atoms with Crippen LogP contribution in [0, 0.1) is 0 Å². The van der Waals surface area contributed by atoms with Gasteiger partial charge in [-0.1, -0.05) is 28.9 Å². The maximum atomic E-state index is 12.4. The van der Waals surface area contributed by atoms with Gasteiger partial charge >= 0.3 is 6.01 Å². The molecule has 3 aromatic rings. The van der Waals surface area contributed by atoms with Gasteiger partial charge in [0.05, 0.1) is 11.9 Å². The van der Waals surface area contributed by atoms with E-state index in [1.54, 1.807) is 32.8 Å². The Hall–Kier alpha value is -2.87. The van der Waals surface area contributed by atoms with E-state index in [0.717, 1.165) is 11.3 Å². The lowest BCUT2D eigenvalue weighted by Gasteiger charge is -2.32. The Morgan fingerprint density at radius 1 is 1.28 bits per heavy atom.